The number of hydrogen-bond donors (Lipinski definition) is 0. The SMILES string of the molecule is CC1(C)OC[C@H]2[C@H](O1)[C@@H]1[C@H](CO[Si](c3ccccc3)(c3ccccc3)C(C)(C)C)[C@@H](O[Si](C)(C)C(C)(C)C)CC[C@@]1(C)C(=O)CC(=O)C2(C)C. The first kappa shape index (κ1) is 39.3. The van der Waals surface area contributed by atoms with Gasteiger partial charge in [-0.05, 0) is 60.2 Å². The van der Waals surface area contributed by atoms with Gasteiger partial charge >= 0.3 is 0 Å². The summed E-state index contributed by atoms with van der Waals surface area (Å²) in [7, 11) is -5.19. The Morgan fingerprint density at radius 3 is 1.84 bits per heavy atom. The number of hydrogen-bond acceptors (Lipinski definition) is 6. The molecular formula is C42H64O6Si2. The summed E-state index contributed by atoms with van der Waals surface area (Å²) in [5, 5.41) is 2.23. The third-order valence-corrected chi connectivity index (χ3v) is 22.7. The molecule has 2 aromatic rings. The maximum Gasteiger partial charge on any atom is 0.261 e. The van der Waals surface area contributed by atoms with E-state index in [0.717, 1.165) is 6.42 Å². The molecule has 8 heteroatoms. The van der Waals surface area contributed by atoms with Gasteiger partial charge in [0.15, 0.2) is 14.1 Å². The molecule has 5 rings (SSSR count). The van der Waals surface area contributed by atoms with Crippen molar-refractivity contribution in [3.05, 3.63) is 60.7 Å². The molecule has 50 heavy (non-hydrogen) atoms. The summed E-state index contributed by atoms with van der Waals surface area (Å²) in [6.45, 7) is 29.2. The highest BCUT2D eigenvalue weighted by atomic mass is 28.4. The summed E-state index contributed by atoms with van der Waals surface area (Å²) in [5.74, 6) is -1.48. The van der Waals surface area contributed by atoms with Gasteiger partial charge in [-0.3, -0.25) is 9.59 Å². The van der Waals surface area contributed by atoms with Crippen LogP contribution in [0.4, 0.5) is 0 Å². The topological polar surface area (TPSA) is 71.1 Å². The van der Waals surface area contributed by atoms with Crippen molar-refractivity contribution in [3.63, 3.8) is 0 Å². The van der Waals surface area contributed by atoms with Crippen LogP contribution in [0.3, 0.4) is 0 Å². The number of benzene rings is 2. The molecule has 0 bridgehead atoms. The number of ether oxygens (including phenoxy) is 2. The summed E-state index contributed by atoms with van der Waals surface area (Å²) >= 11 is 0. The second-order valence-corrected chi connectivity index (χ2v) is 28.2. The van der Waals surface area contributed by atoms with Crippen LogP contribution in [0.25, 0.3) is 0 Å². The smallest absolute Gasteiger partial charge is 0.261 e. The van der Waals surface area contributed by atoms with E-state index in [2.05, 4.69) is 122 Å². The summed E-state index contributed by atoms with van der Waals surface area (Å²) in [4.78, 5) is 28.5. The molecule has 2 aromatic carbocycles. The van der Waals surface area contributed by atoms with Crippen molar-refractivity contribution in [3.8, 4) is 0 Å². The zero-order valence-electron chi connectivity index (χ0n) is 33.1. The molecular weight excluding hydrogens is 657 g/mol. The first-order valence-electron chi connectivity index (χ1n) is 18.8. The second-order valence-electron chi connectivity index (χ2n) is 19.2. The number of carbonyl (C=O) groups excluding carboxylic acids is 2. The first-order chi connectivity index (χ1) is 23.0. The van der Waals surface area contributed by atoms with Crippen LogP contribution in [0, 0.1) is 28.6 Å². The number of ketones is 2. The minimum absolute atomic E-state index is 0.00200. The minimum atomic E-state index is -2.94. The van der Waals surface area contributed by atoms with Crippen LogP contribution in [0.1, 0.15) is 95.4 Å². The Bertz CT molecular complexity index is 1480. The Kier molecular flexibility index (Phi) is 10.6. The molecule has 0 N–H and O–H groups in total. The quantitative estimate of drug-likeness (QED) is 0.212. The zero-order valence-corrected chi connectivity index (χ0v) is 35.1. The molecule has 0 aromatic heterocycles. The van der Waals surface area contributed by atoms with E-state index < -0.39 is 39.4 Å². The van der Waals surface area contributed by atoms with Gasteiger partial charge in [0.25, 0.3) is 8.32 Å². The average Bonchev–Trinajstić information content (AvgIpc) is 3.01. The summed E-state index contributed by atoms with van der Waals surface area (Å²) < 4.78 is 28.5. The molecule has 1 heterocycles. The molecule has 6 nitrogen and oxygen atoms in total. The Morgan fingerprint density at radius 1 is 0.800 bits per heavy atom. The fourth-order valence-electron chi connectivity index (χ4n) is 8.91. The van der Waals surface area contributed by atoms with Gasteiger partial charge in [-0.15, -0.1) is 0 Å². The molecule has 2 aliphatic carbocycles. The maximum atomic E-state index is 14.6. The van der Waals surface area contributed by atoms with E-state index in [-0.39, 0.29) is 51.9 Å². The monoisotopic (exact) mass is 720 g/mol. The Morgan fingerprint density at radius 2 is 1.34 bits per heavy atom. The minimum Gasteiger partial charge on any atom is -0.414 e. The van der Waals surface area contributed by atoms with Gasteiger partial charge in [-0.2, -0.15) is 0 Å². The summed E-state index contributed by atoms with van der Waals surface area (Å²) in [6, 6.07) is 21.5. The van der Waals surface area contributed by atoms with Gasteiger partial charge in [0.1, 0.15) is 11.6 Å². The molecule has 0 amide bonds. The summed E-state index contributed by atoms with van der Waals surface area (Å²) in [5.41, 5.74) is -1.58. The van der Waals surface area contributed by atoms with Crippen LogP contribution in [-0.4, -0.2) is 59.4 Å². The van der Waals surface area contributed by atoms with E-state index >= 15 is 0 Å². The molecule has 0 radical (unpaired) electrons. The Labute approximate surface area is 304 Å². The molecule has 1 aliphatic heterocycles. The van der Waals surface area contributed by atoms with Crippen molar-refractivity contribution >= 4 is 38.6 Å². The Balaban J connectivity index is 1.73. The van der Waals surface area contributed by atoms with Crippen LogP contribution in [-0.2, 0) is 27.9 Å². The lowest BCUT2D eigenvalue weighted by Gasteiger charge is -2.59. The molecule has 6 atom stereocenters. The highest BCUT2D eigenvalue weighted by Crippen LogP contribution is 2.57. The molecule has 0 spiro atoms. The standard InChI is InChI=1S/C42H64O6Si2/c1-38(2,3)49(12,13)48-33-24-25-42(11)35(44)26-34(43)40(7,8)32-28-45-41(9,10)47-37(32)36(42)31(33)27-46-50(39(4,5)6,29-20-16-14-17-21-29)30-22-18-15-19-23-30/h14-23,31-33,36-37H,24-28H2,1-13H3/t31-,32+,33+,36+,37+,42+/m1/s1. The predicted octanol–water partition coefficient (Wildman–Crippen LogP) is 8.32. The van der Waals surface area contributed by atoms with Gasteiger partial charge < -0.3 is 18.3 Å². The van der Waals surface area contributed by atoms with Gasteiger partial charge in [0.2, 0.25) is 0 Å². The predicted molar refractivity (Wildman–Crippen MR) is 207 cm³/mol. The van der Waals surface area contributed by atoms with E-state index in [9.17, 15) is 9.59 Å². The Hall–Kier alpha value is -1.95. The van der Waals surface area contributed by atoms with Crippen molar-refractivity contribution in [2.45, 2.75) is 137 Å². The van der Waals surface area contributed by atoms with E-state index in [1.807, 2.05) is 27.7 Å². The van der Waals surface area contributed by atoms with Crippen LogP contribution >= 0.6 is 0 Å². The molecule has 3 aliphatic rings. The highest BCUT2D eigenvalue weighted by Gasteiger charge is 2.63. The fourth-order valence-corrected chi connectivity index (χ4v) is 14.9. The summed E-state index contributed by atoms with van der Waals surface area (Å²) in [6.07, 6.45) is 0.781. The third-order valence-electron chi connectivity index (χ3n) is 13.2. The fraction of sp³-hybridized carbons (Fsp3) is 0.667. The van der Waals surface area contributed by atoms with Gasteiger partial charge in [-0.1, -0.05) is 123 Å². The van der Waals surface area contributed by atoms with E-state index in [0.29, 0.717) is 19.6 Å². The maximum absolute atomic E-state index is 14.6. The lowest BCUT2D eigenvalue weighted by atomic mass is 9.52. The van der Waals surface area contributed by atoms with Crippen molar-refractivity contribution in [1.82, 2.24) is 0 Å². The number of rotatable bonds is 7. The lowest BCUT2D eigenvalue weighted by Crippen LogP contribution is -2.69. The van der Waals surface area contributed by atoms with Crippen molar-refractivity contribution in [2.24, 2.45) is 28.6 Å². The number of carbonyl (C=O) groups is 2. The first-order valence-corrected chi connectivity index (χ1v) is 23.6. The third kappa shape index (κ3) is 6.94. The molecule has 0 unspecified atom stereocenters. The van der Waals surface area contributed by atoms with Crippen LogP contribution in [0.2, 0.25) is 23.2 Å². The van der Waals surface area contributed by atoms with E-state index in [1.165, 1.54) is 10.4 Å². The van der Waals surface area contributed by atoms with E-state index in [1.54, 1.807) is 0 Å². The normalized spacial score (nSPS) is 30.5. The largest absolute Gasteiger partial charge is 0.414 e. The van der Waals surface area contributed by atoms with Crippen molar-refractivity contribution in [2.75, 3.05) is 13.2 Å². The van der Waals surface area contributed by atoms with Crippen LogP contribution < -0.4 is 10.4 Å². The van der Waals surface area contributed by atoms with Crippen LogP contribution in [0.5, 0.6) is 0 Å². The molecule has 276 valence electrons. The van der Waals surface area contributed by atoms with Crippen molar-refractivity contribution in [1.29, 1.82) is 0 Å². The van der Waals surface area contributed by atoms with Gasteiger partial charge in [0, 0.05) is 35.2 Å². The number of fused-ring (bicyclic) bond motifs is 3. The van der Waals surface area contributed by atoms with Crippen LogP contribution in [0.15, 0.2) is 60.7 Å². The number of Topliss-reactive ketones (excluding diaryl/α,β-unsaturated/α-hetero) is 2. The van der Waals surface area contributed by atoms with Gasteiger partial charge in [0.05, 0.1) is 25.2 Å². The van der Waals surface area contributed by atoms with Crippen molar-refractivity contribution < 1.29 is 27.9 Å². The van der Waals surface area contributed by atoms with E-state index in [4.69, 9.17) is 18.3 Å². The van der Waals surface area contributed by atoms with Gasteiger partial charge in [-0.25, -0.2) is 0 Å². The lowest BCUT2D eigenvalue weighted by molar-refractivity contribution is -0.327. The molecule has 3 fully saturated rings. The average molecular weight is 721 g/mol. The molecule has 2 saturated carbocycles. The second kappa shape index (κ2) is 13.5. The highest BCUT2D eigenvalue weighted by molar-refractivity contribution is 6.99. The molecule has 1 saturated heterocycles. The zero-order chi connectivity index (χ0) is 37.1.